The number of carbonyl (C=O) groups excluding carboxylic acids is 1. The highest BCUT2D eigenvalue weighted by molar-refractivity contribution is 6.05. The fourth-order valence-electron chi connectivity index (χ4n) is 3.16. The van der Waals surface area contributed by atoms with Gasteiger partial charge in [0, 0.05) is 47.3 Å². The molecule has 1 amide bonds. The first-order chi connectivity index (χ1) is 15.0. The van der Waals surface area contributed by atoms with Gasteiger partial charge in [0.15, 0.2) is 17.1 Å². The summed E-state index contributed by atoms with van der Waals surface area (Å²) < 4.78 is 13.1. The third-order valence-electron chi connectivity index (χ3n) is 4.72. The summed E-state index contributed by atoms with van der Waals surface area (Å²) in [4.78, 5) is 21.3. The number of nitrogens with one attached hydrogen (secondary N) is 1. The summed E-state index contributed by atoms with van der Waals surface area (Å²) in [6.45, 7) is 4.40. The third kappa shape index (κ3) is 4.48. The second-order valence-corrected chi connectivity index (χ2v) is 7.29. The van der Waals surface area contributed by atoms with Crippen LogP contribution in [0.4, 0.5) is 5.69 Å². The van der Waals surface area contributed by atoms with Crippen LogP contribution in [0.25, 0.3) is 11.0 Å². The van der Waals surface area contributed by atoms with E-state index in [1.54, 1.807) is 56.2 Å². The number of amides is 1. The summed E-state index contributed by atoms with van der Waals surface area (Å²) in [5, 5.41) is 8.05. The molecule has 1 aromatic carbocycles. The second kappa shape index (κ2) is 8.83. The third-order valence-corrected chi connectivity index (χ3v) is 4.72. The molecule has 3 heterocycles. The van der Waals surface area contributed by atoms with Crippen molar-refractivity contribution < 1.29 is 14.3 Å². The molecule has 0 radical (unpaired) electrons. The number of hydrogen-bond acceptors (Lipinski definition) is 6. The van der Waals surface area contributed by atoms with E-state index >= 15 is 0 Å². The lowest BCUT2D eigenvalue weighted by Gasteiger charge is -2.13. The molecule has 0 fully saturated rings. The van der Waals surface area contributed by atoms with Crippen molar-refractivity contribution in [3.8, 4) is 11.5 Å². The predicted molar refractivity (Wildman–Crippen MR) is 117 cm³/mol. The van der Waals surface area contributed by atoms with E-state index in [1.807, 2.05) is 30.7 Å². The van der Waals surface area contributed by atoms with E-state index in [9.17, 15) is 4.79 Å². The fraction of sp³-hybridized carbons (Fsp3) is 0.217. The molecule has 0 saturated carbocycles. The van der Waals surface area contributed by atoms with E-state index in [1.165, 1.54) is 0 Å². The maximum atomic E-state index is 12.8. The van der Waals surface area contributed by atoms with Gasteiger partial charge in [0.1, 0.15) is 6.61 Å². The van der Waals surface area contributed by atoms with Crippen molar-refractivity contribution in [2.24, 2.45) is 0 Å². The number of carbonyl (C=O) groups is 1. The van der Waals surface area contributed by atoms with Crippen molar-refractivity contribution in [1.82, 2.24) is 19.7 Å². The molecular formula is C23H23N5O3. The maximum Gasteiger partial charge on any atom is 0.257 e. The minimum Gasteiger partial charge on any atom is -0.493 e. The molecule has 0 aliphatic heterocycles. The van der Waals surface area contributed by atoms with E-state index in [0.29, 0.717) is 29.4 Å². The zero-order valence-corrected chi connectivity index (χ0v) is 17.6. The molecule has 4 aromatic rings. The summed E-state index contributed by atoms with van der Waals surface area (Å²) in [6.07, 6.45) is 6.72. The predicted octanol–water partition coefficient (Wildman–Crippen LogP) is 4.25. The van der Waals surface area contributed by atoms with Gasteiger partial charge in [-0.25, -0.2) is 9.67 Å². The van der Waals surface area contributed by atoms with E-state index in [2.05, 4.69) is 20.4 Å². The number of fused-ring (bicyclic) bond motifs is 1. The van der Waals surface area contributed by atoms with Gasteiger partial charge >= 0.3 is 0 Å². The second-order valence-electron chi connectivity index (χ2n) is 7.29. The van der Waals surface area contributed by atoms with Gasteiger partial charge < -0.3 is 14.8 Å². The van der Waals surface area contributed by atoms with E-state index in [-0.39, 0.29) is 11.9 Å². The smallest absolute Gasteiger partial charge is 0.257 e. The average molecular weight is 417 g/mol. The molecule has 0 spiro atoms. The van der Waals surface area contributed by atoms with Gasteiger partial charge in [-0.15, -0.1) is 0 Å². The van der Waals surface area contributed by atoms with E-state index < -0.39 is 0 Å². The fourth-order valence-corrected chi connectivity index (χ4v) is 3.16. The van der Waals surface area contributed by atoms with Crippen molar-refractivity contribution in [3.63, 3.8) is 0 Å². The molecule has 0 saturated heterocycles. The largest absolute Gasteiger partial charge is 0.493 e. The van der Waals surface area contributed by atoms with Gasteiger partial charge in [-0.1, -0.05) is 6.07 Å². The van der Waals surface area contributed by atoms with Gasteiger partial charge in [0.25, 0.3) is 5.91 Å². The number of methoxy groups -OCH3 is 1. The highest BCUT2D eigenvalue weighted by Crippen LogP contribution is 2.31. The topological polar surface area (TPSA) is 91.2 Å². The Morgan fingerprint density at radius 3 is 2.74 bits per heavy atom. The highest BCUT2D eigenvalue weighted by atomic mass is 16.5. The van der Waals surface area contributed by atoms with Crippen molar-refractivity contribution in [1.29, 1.82) is 0 Å². The zero-order chi connectivity index (χ0) is 21.8. The first kappa shape index (κ1) is 20.3. The van der Waals surface area contributed by atoms with Crippen LogP contribution >= 0.6 is 0 Å². The summed E-state index contributed by atoms with van der Waals surface area (Å²) >= 11 is 0. The lowest BCUT2D eigenvalue weighted by Crippen LogP contribution is -2.12. The minimum absolute atomic E-state index is 0.189. The molecule has 0 aliphatic rings. The number of anilines is 1. The lowest BCUT2D eigenvalue weighted by molar-refractivity contribution is 0.102. The molecule has 31 heavy (non-hydrogen) atoms. The van der Waals surface area contributed by atoms with E-state index in [4.69, 9.17) is 9.47 Å². The first-order valence-electron chi connectivity index (χ1n) is 9.89. The van der Waals surface area contributed by atoms with Crippen molar-refractivity contribution in [2.45, 2.75) is 26.5 Å². The van der Waals surface area contributed by atoms with Crippen molar-refractivity contribution >= 4 is 22.6 Å². The average Bonchev–Trinajstić information content (AvgIpc) is 3.22. The molecule has 0 atom stereocenters. The van der Waals surface area contributed by atoms with Crippen LogP contribution in [0.15, 0.2) is 61.2 Å². The van der Waals surface area contributed by atoms with Gasteiger partial charge in [-0.3, -0.25) is 9.78 Å². The Labute approximate surface area is 179 Å². The van der Waals surface area contributed by atoms with Crippen molar-refractivity contribution in [2.75, 3.05) is 12.4 Å². The summed E-state index contributed by atoms with van der Waals surface area (Å²) in [5.74, 6) is 0.831. The Morgan fingerprint density at radius 2 is 2.00 bits per heavy atom. The molecule has 8 nitrogen and oxygen atoms in total. The van der Waals surface area contributed by atoms with Crippen LogP contribution in [0.5, 0.6) is 11.5 Å². The Bertz CT molecular complexity index is 1200. The van der Waals surface area contributed by atoms with Crippen LogP contribution in [0, 0.1) is 0 Å². The first-order valence-corrected chi connectivity index (χ1v) is 9.89. The molecule has 0 unspecified atom stereocenters. The van der Waals surface area contributed by atoms with Crippen LogP contribution in [-0.2, 0) is 6.61 Å². The monoisotopic (exact) mass is 417 g/mol. The molecular weight excluding hydrogens is 394 g/mol. The van der Waals surface area contributed by atoms with Gasteiger partial charge in [-0.2, -0.15) is 5.10 Å². The number of rotatable bonds is 7. The zero-order valence-electron chi connectivity index (χ0n) is 17.6. The Hall–Kier alpha value is -3.94. The van der Waals surface area contributed by atoms with Crippen LogP contribution in [-0.4, -0.2) is 32.8 Å². The van der Waals surface area contributed by atoms with Crippen LogP contribution < -0.4 is 14.8 Å². The van der Waals surface area contributed by atoms with Crippen molar-refractivity contribution in [3.05, 3.63) is 72.3 Å². The normalized spacial score (nSPS) is 11.0. The van der Waals surface area contributed by atoms with Crippen LogP contribution in [0.3, 0.4) is 0 Å². The summed E-state index contributed by atoms with van der Waals surface area (Å²) in [7, 11) is 1.57. The van der Waals surface area contributed by atoms with Gasteiger partial charge in [0.2, 0.25) is 0 Å². The number of aromatic nitrogens is 4. The molecule has 3 aromatic heterocycles. The Morgan fingerprint density at radius 1 is 1.13 bits per heavy atom. The molecule has 0 aliphatic carbocycles. The molecule has 0 bridgehead atoms. The SMILES string of the molecule is COc1ccc(NC(=O)c2cnc3c(cnn3C(C)C)c2)cc1OCc1cccnc1. The number of nitrogens with zero attached hydrogens (tertiary/aromatic N) is 4. The van der Waals surface area contributed by atoms with E-state index in [0.717, 1.165) is 16.6 Å². The Kier molecular flexibility index (Phi) is 5.79. The molecule has 8 heteroatoms. The summed E-state index contributed by atoms with van der Waals surface area (Å²) in [5.41, 5.74) is 2.72. The number of benzene rings is 1. The van der Waals surface area contributed by atoms with Crippen LogP contribution in [0.2, 0.25) is 0 Å². The highest BCUT2D eigenvalue weighted by Gasteiger charge is 2.13. The minimum atomic E-state index is -0.268. The number of hydrogen-bond donors (Lipinski definition) is 1. The molecule has 1 N–H and O–H groups in total. The standard InChI is InChI=1S/C23H23N5O3/c1-15(2)28-22-17(13-26-28)9-18(12-25-22)23(29)27-19-6-7-20(30-3)21(10-19)31-14-16-5-4-8-24-11-16/h4-13,15H,14H2,1-3H3,(H,27,29). The molecule has 4 rings (SSSR count). The molecule has 158 valence electrons. The summed E-state index contributed by atoms with van der Waals surface area (Å²) in [6, 6.07) is 11.0. The number of pyridine rings is 2. The maximum absolute atomic E-state index is 12.8. The quantitative estimate of drug-likeness (QED) is 0.483. The van der Waals surface area contributed by atoms with Gasteiger partial charge in [-0.05, 0) is 38.1 Å². The van der Waals surface area contributed by atoms with Gasteiger partial charge in [0.05, 0.1) is 18.9 Å². The Balaban J connectivity index is 1.51. The van der Waals surface area contributed by atoms with Crippen LogP contribution in [0.1, 0.15) is 35.8 Å². The number of ether oxygens (including phenoxy) is 2. The lowest BCUT2D eigenvalue weighted by atomic mass is 10.2.